The zero-order chi connectivity index (χ0) is 11.5. The van der Waals surface area contributed by atoms with Crippen molar-refractivity contribution in [1.82, 2.24) is 0 Å². The summed E-state index contributed by atoms with van der Waals surface area (Å²) in [4.78, 5) is 10.7. The lowest BCUT2D eigenvalue weighted by molar-refractivity contribution is -0.139. The number of rotatable bonds is 2. The molecule has 0 amide bonds. The third-order valence-electron chi connectivity index (χ3n) is 2.62. The zero-order valence-corrected chi connectivity index (χ0v) is 8.63. The monoisotopic (exact) mass is 216 g/mol. The van der Waals surface area contributed by atoms with Crippen molar-refractivity contribution >= 4 is 11.5 Å². The number of phenolic OH excluding ortho intramolecular Hbond substituents is 1. The van der Waals surface area contributed by atoms with Crippen molar-refractivity contribution in [2.45, 2.75) is 6.42 Å². The number of allylic oxidation sites excluding steroid dienone is 3. The number of hydrogen-bond acceptors (Lipinski definition) is 2. The summed E-state index contributed by atoms with van der Waals surface area (Å²) in [5.74, 6) is -0.981. The van der Waals surface area contributed by atoms with Gasteiger partial charge in [0, 0.05) is 0 Å². The van der Waals surface area contributed by atoms with E-state index in [1.54, 1.807) is 18.2 Å². The van der Waals surface area contributed by atoms with E-state index in [9.17, 15) is 4.79 Å². The molecule has 3 nitrogen and oxygen atoms in total. The molecule has 0 fully saturated rings. The average Bonchev–Trinajstić information content (AvgIpc) is 2.30. The molecular weight excluding hydrogens is 204 g/mol. The summed E-state index contributed by atoms with van der Waals surface area (Å²) < 4.78 is 0. The standard InChI is InChI=1S/C13H12O3/c14-12-7-5-10(6-8-12)9-1-3-11(4-2-9)13(15)16/h1-3,5-8,11,14H,4H2,(H,15,16). The summed E-state index contributed by atoms with van der Waals surface area (Å²) in [7, 11) is 0. The number of phenols is 1. The lowest BCUT2D eigenvalue weighted by atomic mass is 9.93. The van der Waals surface area contributed by atoms with Crippen molar-refractivity contribution in [2.75, 3.05) is 0 Å². The maximum absolute atomic E-state index is 10.7. The molecule has 0 heterocycles. The van der Waals surface area contributed by atoms with Crippen LogP contribution in [0.25, 0.3) is 5.57 Å². The number of aliphatic carboxylic acids is 1. The predicted molar refractivity (Wildman–Crippen MR) is 61.0 cm³/mol. The van der Waals surface area contributed by atoms with Gasteiger partial charge in [0.2, 0.25) is 0 Å². The maximum atomic E-state index is 10.7. The van der Waals surface area contributed by atoms with Gasteiger partial charge in [0.05, 0.1) is 5.92 Å². The van der Waals surface area contributed by atoms with E-state index in [0.717, 1.165) is 11.1 Å². The molecule has 0 saturated heterocycles. The Morgan fingerprint density at radius 1 is 1.25 bits per heavy atom. The van der Waals surface area contributed by atoms with Crippen LogP contribution in [0.1, 0.15) is 12.0 Å². The van der Waals surface area contributed by atoms with Gasteiger partial charge < -0.3 is 10.2 Å². The Morgan fingerprint density at radius 3 is 2.44 bits per heavy atom. The van der Waals surface area contributed by atoms with Gasteiger partial charge in [-0.05, 0) is 29.7 Å². The van der Waals surface area contributed by atoms with Gasteiger partial charge in [0.15, 0.2) is 0 Å². The fourth-order valence-electron chi connectivity index (χ4n) is 1.67. The van der Waals surface area contributed by atoms with E-state index in [0.29, 0.717) is 6.42 Å². The van der Waals surface area contributed by atoms with Crippen LogP contribution < -0.4 is 0 Å². The summed E-state index contributed by atoms with van der Waals surface area (Å²) in [6.45, 7) is 0. The minimum atomic E-state index is -0.794. The average molecular weight is 216 g/mol. The molecule has 0 radical (unpaired) electrons. The highest BCUT2D eigenvalue weighted by Crippen LogP contribution is 2.25. The van der Waals surface area contributed by atoms with Crippen LogP contribution in [0.3, 0.4) is 0 Å². The summed E-state index contributed by atoms with van der Waals surface area (Å²) in [6, 6.07) is 6.86. The third-order valence-corrected chi connectivity index (χ3v) is 2.62. The molecule has 0 saturated carbocycles. The second-order valence-electron chi connectivity index (χ2n) is 3.75. The van der Waals surface area contributed by atoms with Crippen LogP contribution in [-0.4, -0.2) is 16.2 Å². The highest BCUT2D eigenvalue weighted by molar-refractivity contribution is 5.80. The summed E-state index contributed by atoms with van der Waals surface area (Å²) in [5.41, 5.74) is 1.98. The van der Waals surface area contributed by atoms with E-state index in [4.69, 9.17) is 10.2 Å². The van der Waals surface area contributed by atoms with Crippen LogP contribution in [0.5, 0.6) is 5.75 Å². The fourth-order valence-corrected chi connectivity index (χ4v) is 1.67. The van der Waals surface area contributed by atoms with E-state index in [-0.39, 0.29) is 5.75 Å². The molecular formula is C13H12O3. The molecule has 1 atom stereocenters. The molecule has 0 bridgehead atoms. The van der Waals surface area contributed by atoms with Crippen LogP contribution in [0, 0.1) is 5.92 Å². The number of carbonyl (C=O) groups is 1. The molecule has 1 aliphatic rings. The van der Waals surface area contributed by atoms with Gasteiger partial charge >= 0.3 is 5.97 Å². The first-order valence-corrected chi connectivity index (χ1v) is 5.07. The number of carboxylic acids is 1. The normalized spacial score (nSPS) is 19.2. The second kappa shape index (κ2) is 4.23. The van der Waals surface area contributed by atoms with Crippen molar-refractivity contribution in [2.24, 2.45) is 5.92 Å². The van der Waals surface area contributed by atoms with Crippen molar-refractivity contribution in [1.29, 1.82) is 0 Å². The lowest BCUT2D eigenvalue weighted by Crippen LogP contribution is -2.11. The largest absolute Gasteiger partial charge is 0.508 e. The number of hydrogen-bond donors (Lipinski definition) is 2. The summed E-state index contributed by atoms with van der Waals surface area (Å²) >= 11 is 0. The lowest BCUT2D eigenvalue weighted by Gasteiger charge is -2.12. The Hall–Kier alpha value is -2.03. The van der Waals surface area contributed by atoms with Gasteiger partial charge in [-0.15, -0.1) is 0 Å². The molecule has 1 aromatic rings. The molecule has 16 heavy (non-hydrogen) atoms. The molecule has 2 rings (SSSR count). The maximum Gasteiger partial charge on any atom is 0.310 e. The minimum Gasteiger partial charge on any atom is -0.508 e. The first kappa shape index (κ1) is 10.5. The van der Waals surface area contributed by atoms with E-state index in [1.807, 2.05) is 24.3 Å². The summed E-state index contributed by atoms with van der Waals surface area (Å²) in [5, 5.41) is 18.0. The Kier molecular flexibility index (Phi) is 2.77. The van der Waals surface area contributed by atoms with Crippen LogP contribution in [0.15, 0.2) is 42.5 Å². The van der Waals surface area contributed by atoms with Gasteiger partial charge in [-0.3, -0.25) is 4.79 Å². The van der Waals surface area contributed by atoms with E-state index < -0.39 is 11.9 Å². The van der Waals surface area contributed by atoms with Crippen molar-refractivity contribution in [3.05, 3.63) is 48.1 Å². The Morgan fingerprint density at radius 2 is 1.94 bits per heavy atom. The van der Waals surface area contributed by atoms with Crippen LogP contribution >= 0.6 is 0 Å². The molecule has 0 aromatic heterocycles. The first-order chi connectivity index (χ1) is 7.66. The van der Waals surface area contributed by atoms with Crippen LogP contribution in [0.4, 0.5) is 0 Å². The van der Waals surface area contributed by atoms with Gasteiger partial charge in [-0.25, -0.2) is 0 Å². The quantitative estimate of drug-likeness (QED) is 0.798. The SMILES string of the molecule is O=C(O)C1C=CC(c2ccc(O)cc2)=CC1. The molecule has 1 aromatic carbocycles. The van der Waals surface area contributed by atoms with E-state index >= 15 is 0 Å². The van der Waals surface area contributed by atoms with Crippen LogP contribution in [0.2, 0.25) is 0 Å². The smallest absolute Gasteiger partial charge is 0.310 e. The highest BCUT2D eigenvalue weighted by atomic mass is 16.4. The van der Waals surface area contributed by atoms with Crippen LogP contribution in [-0.2, 0) is 4.79 Å². The van der Waals surface area contributed by atoms with E-state index in [2.05, 4.69) is 0 Å². The van der Waals surface area contributed by atoms with Gasteiger partial charge in [0.25, 0.3) is 0 Å². The highest BCUT2D eigenvalue weighted by Gasteiger charge is 2.16. The van der Waals surface area contributed by atoms with Crippen molar-refractivity contribution in [3.8, 4) is 5.75 Å². The minimum absolute atomic E-state index is 0.229. The number of benzene rings is 1. The summed E-state index contributed by atoms with van der Waals surface area (Å²) in [6.07, 6.45) is 5.94. The zero-order valence-electron chi connectivity index (χ0n) is 8.63. The molecule has 82 valence electrons. The molecule has 0 spiro atoms. The van der Waals surface area contributed by atoms with Gasteiger partial charge in [-0.2, -0.15) is 0 Å². The molecule has 3 heteroatoms. The fraction of sp³-hybridized carbons (Fsp3) is 0.154. The molecule has 2 N–H and O–H groups in total. The third kappa shape index (κ3) is 2.14. The topological polar surface area (TPSA) is 57.5 Å². The predicted octanol–water partition coefficient (Wildman–Crippen LogP) is 2.44. The number of carboxylic acid groups (broad SMARTS) is 1. The Balaban J connectivity index is 2.17. The first-order valence-electron chi connectivity index (χ1n) is 5.07. The van der Waals surface area contributed by atoms with Gasteiger partial charge in [0.1, 0.15) is 5.75 Å². The number of aromatic hydroxyl groups is 1. The Bertz CT molecular complexity index is 455. The molecule has 1 unspecified atom stereocenters. The van der Waals surface area contributed by atoms with E-state index in [1.165, 1.54) is 0 Å². The van der Waals surface area contributed by atoms with Gasteiger partial charge in [-0.1, -0.05) is 30.4 Å². The Labute approximate surface area is 93.4 Å². The van der Waals surface area contributed by atoms with Crippen molar-refractivity contribution < 1.29 is 15.0 Å². The van der Waals surface area contributed by atoms with Crippen molar-refractivity contribution in [3.63, 3.8) is 0 Å². The second-order valence-corrected chi connectivity index (χ2v) is 3.75. The molecule has 1 aliphatic carbocycles. The molecule has 0 aliphatic heterocycles.